The number of carbonyl (C=O) groups is 1. The molecule has 0 atom stereocenters. The first-order valence-electron chi connectivity index (χ1n) is 7.81. The van der Waals surface area contributed by atoms with Crippen molar-refractivity contribution < 1.29 is 9.53 Å². The Bertz CT molecular complexity index is 543. The number of H-pyrrole nitrogens is 1. The van der Waals surface area contributed by atoms with Crippen LogP contribution in [0.25, 0.3) is 0 Å². The summed E-state index contributed by atoms with van der Waals surface area (Å²) in [5.74, 6) is 0.202. The highest BCUT2D eigenvalue weighted by atomic mass is 16.5. The SMILES string of the molecule is CCc1c(C)[nH]c2c1C(=O)/C(=C\N(CC)CCOC)CC2. The number of hydrogen-bond acceptors (Lipinski definition) is 3. The molecule has 0 saturated heterocycles. The summed E-state index contributed by atoms with van der Waals surface area (Å²) in [5, 5.41) is 0. The minimum absolute atomic E-state index is 0.202. The molecular formula is C17H26N2O2. The molecule has 0 radical (unpaired) electrons. The van der Waals surface area contributed by atoms with Crippen LogP contribution in [0.4, 0.5) is 0 Å². The Hall–Kier alpha value is -1.55. The summed E-state index contributed by atoms with van der Waals surface area (Å²) in [6.45, 7) is 8.66. The zero-order valence-electron chi connectivity index (χ0n) is 13.6. The van der Waals surface area contributed by atoms with Gasteiger partial charge >= 0.3 is 0 Å². The van der Waals surface area contributed by atoms with Gasteiger partial charge in [0.05, 0.1) is 6.61 Å². The van der Waals surface area contributed by atoms with Crippen molar-refractivity contribution >= 4 is 5.78 Å². The Balaban J connectivity index is 2.26. The van der Waals surface area contributed by atoms with Gasteiger partial charge in [0.2, 0.25) is 0 Å². The van der Waals surface area contributed by atoms with Crippen LogP contribution in [-0.4, -0.2) is 42.5 Å². The number of aryl methyl sites for hydroxylation is 2. The fourth-order valence-electron chi connectivity index (χ4n) is 3.04. The second-order valence-electron chi connectivity index (χ2n) is 5.54. The van der Waals surface area contributed by atoms with Crippen LogP contribution < -0.4 is 0 Å². The normalized spacial score (nSPS) is 16.4. The standard InChI is InChI=1S/C17H26N2O2/c1-5-14-12(3)18-15-8-7-13(17(20)16(14)15)11-19(6-2)9-10-21-4/h11,18H,5-10H2,1-4H3/b13-11-. The monoisotopic (exact) mass is 290 g/mol. The lowest BCUT2D eigenvalue weighted by atomic mass is 9.88. The molecule has 4 heteroatoms. The highest BCUT2D eigenvalue weighted by Gasteiger charge is 2.27. The van der Waals surface area contributed by atoms with Crippen molar-refractivity contribution in [2.45, 2.75) is 40.0 Å². The van der Waals surface area contributed by atoms with Gasteiger partial charge in [0.1, 0.15) is 0 Å². The summed E-state index contributed by atoms with van der Waals surface area (Å²) in [6.07, 6.45) is 4.68. The number of nitrogens with zero attached hydrogens (tertiary/aromatic N) is 1. The largest absolute Gasteiger partial charge is 0.383 e. The van der Waals surface area contributed by atoms with Crippen molar-refractivity contribution in [3.63, 3.8) is 0 Å². The van der Waals surface area contributed by atoms with Crippen LogP contribution in [0, 0.1) is 6.92 Å². The van der Waals surface area contributed by atoms with E-state index in [1.165, 1.54) is 5.56 Å². The Kier molecular flexibility index (Phi) is 5.23. The van der Waals surface area contributed by atoms with Crippen molar-refractivity contribution in [2.24, 2.45) is 0 Å². The third kappa shape index (κ3) is 3.21. The minimum atomic E-state index is 0.202. The number of Topliss-reactive ketones (excluding diaryl/α,β-unsaturated/α-hetero) is 1. The zero-order valence-corrected chi connectivity index (χ0v) is 13.6. The lowest BCUT2D eigenvalue weighted by molar-refractivity contribution is 0.102. The van der Waals surface area contributed by atoms with E-state index in [2.05, 4.69) is 30.7 Å². The van der Waals surface area contributed by atoms with Crippen LogP contribution >= 0.6 is 0 Å². The van der Waals surface area contributed by atoms with Gasteiger partial charge < -0.3 is 14.6 Å². The summed E-state index contributed by atoms with van der Waals surface area (Å²) in [5.41, 5.74) is 5.29. The zero-order chi connectivity index (χ0) is 15.4. The summed E-state index contributed by atoms with van der Waals surface area (Å²) in [7, 11) is 1.70. The van der Waals surface area contributed by atoms with E-state index in [-0.39, 0.29) is 5.78 Å². The van der Waals surface area contributed by atoms with Crippen LogP contribution in [0.5, 0.6) is 0 Å². The Morgan fingerprint density at radius 2 is 2.10 bits per heavy atom. The van der Waals surface area contributed by atoms with E-state index >= 15 is 0 Å². The number of nitrogens with one attached hydrogen (secondary N) is 1. The van der Waals surface area contributed by atoms with Crippen molar-refractivity contribution in [1.29, 1.82) is 0 Å². The predicted octanol–water partition coefficient (Wildman–Crippen LogP) is 2.87. The smallest absolute Gasteiger partial charge is 0.192 e. The van der Waals surface area contributed by atoms with Gasteiger partial charge in [0.25, 0.3) is 0 Å². The third-order valence-corrected chi connectivity index (χ3v) is 4.24. The number of hydrogen-bond donors (Lipinski definition) is 1. The number of allylic oxidation sites excluding steroid dienone is 1. The molecule has 2 rings (SSSR count). The van der Waals surface area contributed by atoms with Crippen LogP contribution in [0.2, 0.25) is 0 Å². The van der Waals surface area contributed by atoms with Gasteiger partial charge in [-0.25, -0.2) is 0 Å². The van der Waals surface area contributed by atoms with E-state index in [0.717, 1.165) is 54.9 Å². The molecule has 4 nitrogen and oxygen atoms in total. The molecule has 116 valence electrons. The summed E-state index contributed by atoms with van der Waals surface area (Å²) < 4.78 is 5.13. The second-order valence-corrected chi connectivity index (χ2v) is 5.54. The maximum Gasteiger partial charge on any atom is 0.192 e. The molecule has 0 saturated carbocycles. The first-order chi connectivity index (χ1) is 10.1. The molecule has 1 heterocycles. The van der Waals surface area contributed by atoms with Gasteiger partial charge in [-0.05, 0) is 38.7 Å². The highest BCUT2D eigenvalue weighted by Crippen LogP contribution is 2.30. The number of carbonyl (C=O) groups excluding carboxylic acids is 1. The summed E-state index contributed by atoms with van der Waals surface area (Å²) in [6, 6.07) is 0. The molecule has 1 aliphatic rings. The van der Waals surface area contributed by atoms with Crippen molar-refractivity contribution in [2.75, 3.05) is 26.8 Å². The van der Waals surface area contributed by atoms with Gasteiger partial charge in [0.15, 0.2) is 5.78 Å². The predicted molar refractivity (Wildman–Crippen MR) is 84.8 cm³/mol. The van der Waals surface area contributed by atoms with Crippen molar-refractivity contribution in [3.8, 4) is 0 Å². The Morgan fingerprint density at radius 3 is 2.71 bits per heavy atom. The van der Waals surface area contributed by atoms with Gasteiger partial charge in [-0.3, -0.25) is 4.79 Å². The molecule has 0 spiro atoms. The van der Waals surface area contributed by atoms with Gasteiger partial charge in [-0.15, -0.1) is 0 Å². The quantitative estimate of drug-likeness (QED) is 0.819. The lowest BCUT2D eigenvalue weighted by Gasteiger charge is -2.22. The molecule has 1 aromatic heterocycles. The summed E-state index contributed by atoms with van der Waals surface area (Å²) >= 11 is 0. The van der Waals surface area contributed by atoms with E-state index in [1.54, 1.807) is 7.11 Å². The molecule has 0 amide bonds. The number of aromatic amines is 1. The first kappa shape index (κ1) is 15.8. The fourth-order valence-corrected chi connectivity index (χ4v) is 3.04. The molecule has 0 unspecified atom stereocenters. The van der Waals surface area contributed by atoms with Gasteiger partial charge in [0, 0.05) is 48.9 Å². The van der Waals surface area contributed by atoms with Crippen molar-refractivity contribution in [1.82, 2.24) is 9.88 Å². The van der Waals surface area contributed by atoms with Gasteiger partial charge in [-0.1, -0.05) is 6.92 Å². The molecule has 1 N–H and O–H groups in total. The lowest BCUT2D eigenvalue weighted by Crippen LogP contribution is -2.24. The van der Waals surface area contributed by atoms with Crippen LogP contribution in [0.1, 0.15) is 47.6 Å². The molecule has 21 heavy (non-hydrogen) atoms. The average molecular weight is 290 g/mol. The molecular weight excluding hydrogens is 264 g/mol. The molecule has 1 aliphatic carbocycles. The minimum Gasteiger partial charge on any atom is -0.383 e. The number of ketones is 1. The molecule has 0 bridgehead atoms. The van der Waals surface area contributed by atoms with Crippen LogP contribution in [0.15, 0.2) is 11.8 Å². The van der Waals surface area contributed by atoms with E-state index in [4.69, 9.17) is 4.74 Å². The van der Waals surface area contributed by atoms with Crippen LogP contribution in [-0.2, 0) is 17.6 Å². The van der Waals surface area contributed by atoms with Gasteiger partial charge in [-0.2, -0.15) is 0 Å². The van der Waals surface area contributed by atoms with Crippen LogP contribution in [0.3, 0.4) is 0 Å². The van der Waals surface area contributed by atoms with E-state index in [1.807, 2.05) is 6.20 Å². The number of ether oxygens (including phenoxy) is 1. The second kappa shape index (κ2) is 6.94. The fraction of sp³-hybridized carbons (Fsp3) is 0.588. The number of likely N-dealkylation sites (N-methyl/N-ethyl adjacent to an activating group) is 1. The topological polar surface area (TPSA) is 45.3 Å². The Labute approximate surface area is 127 Å². The van der Waals surface area contributed by atoms with E-state index in [9.17, 15) is 4.79 Å². The number of fused-ring (bicyclic) bond motifs is 1. The first-order valence-corrected chi connectivity index (χ1v) is 7.81. The molecule has 0 aromatic carbocycles. The maximum atomic E-state index is 12.8. The molecule has 0 fully saturated rings. The molecule has 0 aliphatic heterocycles. The van der Waals surface area contributed by atoms with E-state index < -0.39 is 0 Å². The number of methoxy groups -OCH3 is 1. The number of aromatic nitrogens is 1. The molecule has 1 aromatic rings. The van der Waals surface area contributed by atoms with E-state index in [0.29, 0.717) is 6.61 Å². The summed E-state index contributed by atoms with van der Waals surface area (Å²) in [4.78, 5) is 18.3. The highest BCUT2D eigenvalue weighted by molar-refractivity contribution is 6.11. The third-order valence-electron chi connectivity index (χ3n) is 4.24. The number of rotatable bonds is 6. The Morgan fingerprint density at radius 1 is 1.33 bits per heavy atom. The average Bonchev–Trinajstić information content (AvgIpc) is 2.81. The maximum absolute atomic E-state index is 12.8. The van der Waals surface area contributed by atoms with Crippen molar-refractivity contribution in [3.05, 3.63) is 34.3 Å².